The van der Waals surface area contributed by atoms with Gasteiger partial charge in [-0.3, -0.25) is 0 Å². The van der Waals surface area contributed by atoms with Crippen molar-refractivity contribution in [3.05, 3.63) is 33.8 Å². The molecule has 1 rings (SSSR count). The fraction of sp³-hybridized carbons (Fsp3) is 0.455. The smallest absolute Gasteiger partial charge is 0.131 e. The highest BCUT2D eigenvalue weighted by molar-refractivity contribution is 9.10. The number of rotatable bonds is 4. The summed E-state index contributed by atoms with van der Waals surface area (Å²) in [5.41, 5.74) is 0.0958. The third-order valence-electron chi connectivity index (χ3n) is 2.35. The standard InChI is InChI=1S/C11H14BrF2N/c1-3-7(2)15-6-9-10(13)4-8(12)5-11(9)14/h4-5,7,15H,3,6H2,1-2H3. The van der Waals surface area contributed by atoms with Gasteiger partial charge in [0.05, 0.1) is 0 Å². The van der Waals surface area contributed by atoms with Crippen molar-refractivity contribution in [2.45, 2.75) is 32.9 Å². The van der Waals surface area contributed by atoms with Crippen LogP contribution in [0.3, 0.4) is 0 Å². The molecule has 0 fully saturated rings. The van der Waals surface area contributed by atoms with Crippen molar-refractivity contribution in [2.24, 2.45) is 0 Å². The van der Waals surface area contributed by atoms with Crippen LogP contribution in [-0.2, 0) is 6.54 Å². The Bertz CT molecular complexity index is 318. The molecule has 0 spiro atoms. The highest BCUT2D eigenvalue weighted by atomic mass is 79.9. The van der Waals surface area contributed by atoms with E-state index in [4.69, 9.17) is 0 Å². The fourth-order valence-electron chi connectivity index (χ4n) is 1.16. The zero-order valence-corrected chi connectivity index (χ0v) is 10.4. The normalized spacial score (nSPS) is 12.9. The number of hydrogen-bond donors (Lipinski definition) is 1. The Morgan fingerprint density at radius 2 is 1.87 bits per heavy atom. The van der Waals surface area contributed by atoms with Gasteiger partial charge < -0.3 is 5.32 Å². The highest BCUT2D eigenvalue weighted by Crippen LogP contribution is 2.19. The van der Waals surface area contributed by atoms with Crippen molar-refractivity contribution in [2.75, 3.05) is 0 Å². The summed E-state index contributed by atoms with van der Waals surface area (Å²) in [5.74, 6) is -1.03. The SMILES string of the molecule is CCC(C)NCc1c(F)cc(Br)cc1F. The minimum atomic E-state index is -0.516. The van der Waals surface area contributed by atoms with Gasteiger partial charge in [-0.1, -0.05) is 22.9 Å². The van der Waals surface area contributed by atoms with E-state index < -0.39 is 11.6 Å². The zero-order valence-electron chi connectivity index (χ0n) is 8.78. The molecule has 0 aliphatic carbocycles. The van der Waals surface area contributed by atoms with Crippen LogP contribution in [0.5, 0.6) is 0 Å². The zero-order chi connectivity index (χ0) is 11.4. The molecule has 1 atom stereocenters. The summed E-state index contributed by atoms with van der Waals surface area (Å²) in [6.45, 7) is 4.22. The third-order valence-corrected chi connectivity index (χ3v) is 2.80. The van der Waals surface area contributed by atoms with Gasteiger partial charge in [0.1, 0.15) is 11.6 Å². The van der Waals surface area contributed by atoms with Gasteiger partial charge in [-0.2, -0.15) is 0 Å². The molecule has 1 N–H and O–H groups in total. The predicted octanol–water partition coefficient (Wildman–Crippen LogP) is 3.62. The molecule has 0 radical (unpaired) electrons. The first-order valence-electron chi connectivity index (χ1n) is 4.91. The van der Waals surface area contributed by atoms with Gasteiger partial charge in [0.25, 0.3) is 0 Å². The van der Waals surface area contributed by atoms with Gasteiger partial charge in [-0.15, -0.1) is 0 Å². The Morgan fingerprint density at radius 1 is 1.33 bits per heavy atom. The van der Waals surface area contributed by atoms with E-state index >= 15 is 0 Å². The maximum Gasteiger partial charge on any atom is 0.131 e. The minimum Gasteiger partial charge on any atom is -0.310 e. The molecule has 0 aliphatic heterocycles. The maximum absolute atomic E-state index is 13.4. The van der Waals surface area contributed by atoms with E-state index in [9.17, 15) is 8.78 Å². The average molecular weight is 278 g/mol. The fourth-order valence-corrected chi connectivity index (χ4v) is 1.56. The molecule has 0 saturated carbocycles. The van der Waals surface area contributed by atoms with Gasteiger partial charge in [0, 0.05) is 22.6 Å². The molecule has 84 valence electrons. The molecule has 0 amide bonds. The summed E-state index contributed by atoms with van der Waals surface area (Å²) in [4.78, 5) is 0. The van der Waals surface area contributed by atoms with Crippen LogP contribution in [-0.4, -0.2) is 6.04 Å². The lowest BCUT2D eigenvalue weighted by atomic mass is 10.1. The third kappa shape index (κ3) is 3.54. The summed E-state index contributed by atoms with van der Waals surface area (Å²) < 4.78 is 27.1. The molecule has 1 aromatic carbocycles. The van der Waals surface area contributed by atoms with E-state index in [1.807, 2.05) is 13.8 Å². The van der Waals surface area contributed by atoms with Gasteiger partial charge in [-0.05, 0) is 25.5 Å². The van der Waals surface area contributed by atoms with E-state index in [0.29, 0.717) is 4.47 Å². The average Bonchev–Trinajstić information content (AvgIpc) is 2.15. The van der Waals surface area contributed by atoms with Crippen LogP contribution in [0, 0.1) is 11.6 Å². The van der Waals surface area contributed by atoms with Crippen molar-refractivity contribution < 1.29 is 8.78 Å². The van der Waals surface area contributed by atoms with Crippen molar-refractivity contribution in [3.63, 3.8) is 0 Å². The van der Waals surface area contributed by atoms with E-state index in [-0.39, 0.29) is 18.2 Å². The lowest BCUT2D eigenvalue weighted by Crippen LogP contribution is -2.25. The van der Waals surface area contributed by atoms with Crippen LogP contribution in [0.4, 0.5) is 8.78 Å². The van der Waals surface area contributed by atoms with E-state index in [1.165, 1.54) is 12.1 Å². The molecule has 1 nitrogen and oxygen atoms in total. The Balaban J connectivity index is 2.77. The molecule has 1 unspecified atom stereocenters. The van der Waals surface area contributed by atoms with Crippen LogP contribution in [0.15, 0.2) is 16.6 Å². The largest absolute Gasteiger partial charge is 0.310 e. The molecule has 0 saturated heterocycles. The van der Waals surface area contributed by atoms with E-state index in [0.717, 1.165) is 6.42 Å². The van der Waals surface area contributed by atoms with Crippen molar-refractivity contribution in [1.29, 1.82) is 0 Å². The Labute approximate surface area is 97.0 Å². The number of halogens is 3. The molecule has 0 heterocycles. The van der Waals surface area contributed by atoms with Crippen LogP contribution in [0.1, 0.15) is 25.8 Å². The molecule has 0 aromatic heterocycles. The minimum absolute atomic E-state index is 0.0958. The molecular weight excluding hydrogens is 264 g/mol. The first-order chi connectivity index (χ1) is 7.04. The van der Waals surface area contributed by atoms with Crippen LogP contribution in [0.25, 0.3) is 0 Å². The summed E-state index contributed by atoms with van der Waals surface area (Å²) in [5, 5.41) is 3.05. The molecule has 0 aliphatic rings. The van der Waals surface area contributed by atoms with Gasteiger partial charge >= 0.3 is 0 Å². The number of hydrogen-bond acceptors (Lipinski definition) is 1. The second-order valence-corrected chi connectivity index (χ2v) is 4.45. The Hall–Kier alpha value is -0.480. The Morgan fingerprint density at radius 3 is 2.33 bits per heavy atom. The summed E-state index contributed by atoms with van der Waals surface area (Å²) in [7, 11) is 0. The monoisotopic (exact) mass is 277 g/mol. The second kappa shape index (κ2) is 5.56. The van der Waals surface area contributed by atoms with Gasteiger partial charge in [0.2, 0.25) is 0 Å². The highest BCUT2D eigenvalue weighted by Gasteiger charge is 2.10. The summed E-state index contributed by atoms with van der Waals surface area (Å²) >= 11 is 3.04. The van der Waals surface area contributed by atoms with E-state index in [2.05, 4.69) is 21.2 Å². The van der Waals surface area contributed by atoms with Gasteiger partial charge in [-0.25, -0.2) is 8.78 Å². The molecule has 0 bridgehead atoms. The summed E-state index contributed by atoms with van der Waals surface area (Å²) in [6, 6.07) is 2.81. The van der Waals surface area contributed by atoms with E-state index in [1.54, 1.807) is 0 Å². The van der Waals surface area contributed by atoms with Crippen LogP contribution in [0.2, 0.25) is 0 Å². The Kier molecular flexibility index (Phi) is 4.67. The first kappa shape index (κ1) is 12.6. The lowest BCUT2D eigenvalue weighted by molar-refractivity contribution is 0.492. The quantitative estimate of drug-likeness (QED) is 0.887. The van der Waals surface area contributed by atoms with Crippen molar-refractivity contribution >= 4 is 15.9 Å². The number of nitrogens with one attached hydrogen (secondary N) is 1. The predicted molar refractivity (Wildman–Crippen MR) is 60.7 cm³/mol. The molecule has 1 aromatic rings. The maximum atomic E-state index is 13.4. The van der Waals surface area contributed by atoms with Crippen molar-refractivity contribution in [1.82, 2.24) is 5.32 Å². The first-order valence-corrected chi connectivity index (χ1v) is 5.70. The van der Waals surface area contributed by atoms with Crippen molar-refractivity contribution in [3.8, 4) is 0 Å². The van der Waals surface area contributed by atoms with Crippen LogP contribution >= 0.6 is 15.9 Å². The summed E-state index contributed by atoms with van der Waals surface area (Å²) in [6.07, 6.45) is 0.930. The molecule has 15 heavy (non-hydrogen) atoms. The van der Waals surface area contributed by atoms with Gasteiger partial charge in [0.15, 0.2) is 0 Å². The van der Waals surface area contributed by atoms with Crippen LogP contribution < -0.4 is 5.32 Å². The second-order valence-electron chi connectivity index (χ2n) is 3.54. The lowest BCUT2D eigenvalue weighted by Gasteiger charge is -2.12. The molecule has 4 heteroatoms. The topological polar surface area (TPSA) is 12.0 Å². The number of benzene rings is 1. The molecular formula is C11H14BrF2N.